The van der Waals surface area contributed by atoms with E-state index in [1.807, 2.05) is 6.07 Å². The molecule has 0 amide bonds. The first-order chi connectivity index (χ1) is 10.2. The van der Waals surface area contributed by atoms with Crippen molar-refractivity contribution in [2.75, 3.05) is 0 Å². The summed E-state index contributed by atoms with van der Waals surface area (Å²) in [7, 11) is 0. The van der Waals surface area contributed by atoms with E-state index in [1.54, 1.807) is 0 Å². The van der Waals surface area contributed by atoms with E-state index < -0.39 is 0 Å². The Labute approximate surface area is 127 Å². The van der Waals surface area contributed by atoms with Gasteiger partial charge in [0.05, 0.1) is 0 Å². The first-order valence-electron chi connectivity index (χ1n) is 7.72. The Balaban J connectivity index is 1.58. The van der Waals surface area contributed by atoms with Gasteiger partial charge in [0.15, 0.2) is 0 Å². The lowest BCUT2D eigenvalue weighted by Gasteiger charge is -2.10. The Morgan fingerprint density at radius 1 is 1.00 bits per heavy atom. The number of nitrogens with one attached hydrogen (secondary N) is 1. The van der Waals surface area contributed by atoms with E-state index in [2.05, 4.69) is 55.6 Å². The molecule has 1 fully saturated rings. The highest BCUT2D eigenvalue weighted by Gasteiger charge is 2.19. The molecular weight excluding hydrogens is 258 g/mol. The third kappa shape index (κ3) is 4.08. The zero-order valence-corrected chi connectivity index (χ0v) is 12.9. The van der Waals surface area contributed by atoms with Crippen LogP contribution in [-0.2, 0) is 13.2 Å². The first-order valence-corrected chi connectivity index (χ1v) is 7.72. The lowest BCUT2D eigenvalue weighted by molar-refractivity contribution is 0.305. The van der Waals surface area contributed by atoms with Crippen LogP contribution in [0.5, 0.6) is 5.75 Å². The fourth-order valence-corrected chi connectivity index (χ4v) is 2.35. The van der Waals surface area contributed by atoms with E-state index in [0.29, 0.717) is 6.61 Å². The maximum atomic E-state index is 5.92. The van der Waals surface area contributed by atoms with Crippen LogP contribution < -0.4 is 10.1 Å². The maximum absolute atomic E-state index is 5.92. The predicted molar refractivity (Wildman–Crippen MR) is 86.6 cm³/mol. The monoisotopic (exact) mass is 281 g/mol. The van der Waals surface area contributed by atoms with Crippen LogP contribution in [0, 0.1) is 13.8 Å². The molecule has 3 rings (SSSR count). The molecule has 110 valence electrons. The van der Waals surface area contributed by atoms with Gasteiger partial charge in [0.1, 0.15) is 12.4 Å². The molecule has 0 radical (unpaired) electrons. The third-order valence-electron chi connectivity index (χ3n) is 4.05. The van der Waals surface area contributed by atoms with Crippen molar-refractivity contribution in [2.24, 2.45) is 0 Å². The van der Waals surface area contributed by atoms with Crippen LogP contribution in [-0.4, -0.2) is 6.04 Å². The molecule has 0 atom stereocenters. The summed E-state index contributed by atoms with van der Waals surface area (Å²) in [5.41, 5.74) is 5.16. The van der Waals surface area contributed by atoms with Crippen LogP contribution in [0.15, 0.2) is 42.5 Å². The molecule has 0 unspecified atom stereocenters. The number of benzene rings is 2. The van der Waals surface area contributed by atoms with Gasteiger partial charge in [-0.1, -0.05) is 30.3 Å². The van der Waals surface area contributed by atoms with Crippen molar-refractivity contribution in [3.8, 4) is 5.75 Å². The molecule has 0 aromatic heterocycles. The highest BCUT2D eigenvalue weighted by atomic mass is 16.5. The molecule has 0 saturated heterocycles. The van der Waals surface area contributed by atoms with Gasteiger partial charge in [0.2, 0.25) is 0 Å². The summed E-state index contributed by atoms with van der Waals surface area (Å²) in [5, 5.41) is 3.53. The van der Waals surface area contributed by atoms with Crippen LogP contribution in [0.25, 0.3) is 0 Å². The van der Waals surface area contributed by atoms with Crippen molar-refractivity contribution < 1.29 is 4.74 Å². The fourth-order valence-electron chi connectivity index (χ4n) is 2.35. The standard InChI is InChI=1S/C19H23NO/c1-14-6-7-17(10-15(14)2)13-21-19-5-3-4-16(11-19)12-20-18-8-9-18/h3-7,10-11,18,20H,8-9,12-13H2,1-2H3. The maximum Gasteiger partial charge on any atom is 0.120 e. The van der Waals surface area contributed by atoms with Gasteiger partial charge >= 0.3 is 0 Å². The normalized spacial score (nSPS) is 14.2. The molecule has 0 spiro atoms. The van der Waals surface area contributed by atoms with E-state index >= 15 is 0 Å². The van der Waals surface area contributed by atoms with Crippen molar-refractivity contribution in [2.45, 2.75) is 45.9 Å². The number of rotatable bonds is 6. The van der Waals surface area contributed by atoms with Gasteiger partial charge < -0.3 is 10.1 Å². The Morgan fingerprint density at radius 2 is 1.86 bits per heavy atom. The van der Waals surface area contributed by atoms with Crippen LogP contribution in [0.1, 0.15) is 35.1 Å². The predicted octanol–water partition coefficient (Wildman–Crippen LogP) is 4.13. The Bertz CT molecular complexity index is 617. The summed E-state index contributed by atoms with van der Waals surface area (Å²) >= 11 is 0. The molecule has 21 heavy (non-hydrogen) atoms. The van der Waals surface area contributed by atoms with Crippen molar-refractivity contribution in [1.29, 1.82) is 0 Å². The lowest BCUT2D eigenvalue weighted by atomic mass is 10.1. The number of ether oxygens (including phenoxy) is 1. The van der Waals surface area contributed by atoms with Crippen molar-refractivity contribution in [3.63, 3.8) is 0 Å². The lowest BCUT2D eigenvalue weighted by Crippen LogP contribution is -2.15. The second-order valence-corrected chi connectivity index (χ2v) is 6.01. The van der Waals surface area contributed by atoms with Gasteiger partial charge in [-0.3, -0.25) is 0 Å². The molecule has 1 N–H and O–H groups in total. The van der Waals surface area contributed by atoms with Crippen molar-refractivity contribution >= 4 is 0 Å². The second-order valence-electron chi connectivity index (χ2n) is 6.01. The van der Waals surface area contributed by atoms with Crippen molar-refractivity contribution in [3.05, 3.63) is 64.7 Å². The summed E-state index contributed by atoms with van der Waals surface area (Å²) in [6.07, 6.45) is 2.64. The minimum atomic E-state index is 0.626. The molecule has 0 bridgehead atoms. The Kier molecular flexibility index (Phi) is 4.26. The van der Waals surface area contributed by atoms with E-state index in [0.717, 1.165) is 18.3 Å². The zero-order valence-electron chi connectivity index (χ0n) is 12.9. The van der Waals surface area contributed by atoms with Crippen molar-refractivity contribution in [1.82, 2.24) is 5.32 Å². The molecule has 2 aromatic carbocycles. The number of hydrogen-bond acceptors (Lipinski definition) is 2. The quantitative estimate of drug-likeness (QED) is 0.859. The van der Waals surface area contributed by atoms with Crippen LogP contribution in [0.3, 0.4) is 0 Å². The molecule has 0 heterocycles. The van der Waals surface area contributed by atoms with Gasteiger partial charge in [-0.25, -0.2) is 0 Å². The Morgan fingerprint density at radius 3 is 2.62 bits per heavy atom. The second kappa shape index (κ2) is 6.31. The largest absolute Gasteiger partial charge is 0.489 e. The molecule has 1 aliphatic rings. The molecule has 2 heteroatoms. The highest BCUT2D eigenvalue weighted by molar-refractivity contribution is 5.31. The summed E-state index contributed by atoms with van der Waals surface area (Å²) in [5.74, 6) is 0.948. The van der Waals surface area contributed by atoms with Gasteiger partial charge in [0, 0.05) is 12.6 Å². The van der Waals surface area contributed by atoms with Crippen LogP contribution >= 0.6 is 0 Å². The number of aryl methyl sites for hydroxylation is 2. The van der Waals surface area contributed by atoms with E-state index in [-0.39, 0.29) is 0 Å². The third-order valence-corrected chi connectivity index (χ3v) is 4.05. The summed E-state index contributed by atoms with van der Waals surface area (Å²) in [6, 6.07) is 15.6. The molecule has 2 aromatic rings. The average molecular weight is 281 g/mol. The van der Waals surface area contributed by atoms with Crippen LogP contribution in [0.4, 0.5) is 0 Å². The first kappa shape index (κ1) is 14.2. The van der Waals surface area contributed by atoms with Crippen LogP contribution in [0.2, 0.25) is 0 Å². The topological polar surface area (TPSA) is 21.3 Å². The van der Waals surface area contributed by atoms with E-state index in [1.165, 1.54) is 35.1 Å². The van der Waals surface area contributed by atoms with Gasteiger partial charge in [-0.05, 0) is 61.1 Å². The van der Waals surface area contributed by atoms with Gasteiger partial charge in [-0.15, -0.1) is 0 Å². The smallest absolute Gasteiger partial charge is 0.120 e. The summed E-state index contributed by atoms with van der Waals surface area (Å²) in [6.45, 7) is 5.84. The van der Waals surface area contributed by atoms with E-state index in [4.69, 9.17) is 4.74 Å². The number of hydrogen-bond donors (Lipinski definition) is 1. The molecule has 2 nitrogen and oxygen atoms in total. The molecule has 0 aliphatic heterocycles. The van der Waals surface area contributed by atoms with E-state index in [9.17, 15) is 0 Å². The highest BCUT2D eigenvalue weighted by Crippen LogP contribution is 2.21. The SMILES string of the molecule is Cc1ccc(COc2cccc(CNC3CC3)c2)cc1C. The minimum absolute atomic E-state index is 0.626. The van der Waals surface area contributed by atoms with Gasteiger partial charge in [-0.2, -0.15) is 0 Å². The molecule has 1 aliphatic carbocycles. The summed E-state index contributed by atoms with van der Waals surface area (Å²) < 4.78 is 5.92. The average Bonchev–Trinajstić information content (AvgIpc) is 3.31. The summed E-state index contributed by atoms with van der Waals surface area (Å²) in [4.78, 5) is 0. The zero-order chi connectivity index (χ0) is 14.7. The van der Waals surface area contributed by atoms with Gasteiger partial charge in [0.25, 0.3) is 0 Å². The fraction of sp³-hybridized carbons (Fsp3) is 0.368. The minimum Gasteiger partial charge on any atom is -0.489 e. The molecular formula is C19H23NO. The molecule has 1 saturated carbocycles. The Hall–Kier alpha value is -1.80.